The van der Waals surface area contributed by atoms with Crippen LogP contribution in [0.5, 0.6) is 0 Å². The second-order valence-corrected chi connectivity index (χ2v) is 8.65. The fraction of sp³-hybridized carbons (Fsp3) is 0.231. The van der Waals surface area contributed by atoms with Crippen molar-refractivity contribution in [3.63, 3.8) is 0 Å². The highest BCUT2D eigenvalue weighted by atomic mass is 35.5. The third-order valence-corrected chi connectivity index (χ3v) is 6.65. The number of H-pyrrole nitrogens is 1. The molecule has 0 radical (unpaired) electrons. The molecule has 6 nitrogen and oxygen atoms in total. The molecular weight excluding hydrogens is 438 g/mol. The smallest absolute Gasteiger partial charge is 0.290 e. The van der Waals surface area contributed by atoms with E-state index >= 15 is 0 Å². The summed E-state index contributed by atoms with van der Waals surface area (Å²) in [5.41, 5.74) is 3.04. The molecule has 168 valence electrons. The van der Waals surface area contributed by atoms with Crippen LogP contribution < -0.4 is 5.32 Å². The van der Waals surface area contributed by atoms with Crippen LogP contribution in [0.3, 0.4) is 0 Å². The number of nitrogens with one attached hydrogen (secondary N) is 2. The molecular formula is C26H24ClN3O3. The molecule has 5 rings (SSSR count). The van der Waals surface area contributed by atoms with Gasteiger partial charge in [-0.15, -0.1) is 0 Å². The normalized spacial score (nSPS) is 16.8. The van der Waals surface area contributed by atoms with E-state index < -0.39 is 6.04 Å². The van der Waals surface area contributed by atoms with Gasteiger partial charge in [-0.1, -0.05) is 48.0 Å². The fourth-order valence-corrected chi connectivity index (χ4v) is 4.94. The monoisotopic (exact) mass is 461 g/mol. The Hall–Kier alpha value is -3.51. The van der Waals surface area contributed by atoms with Crippen LogP contribution >= 0.6 is 11.6 Å². The summed E-state index contributed by atoms with van der Waals surface area (Å²) in [7, 11) is 0. The fourth-order valence-electron chi connectivity index (χ4n) is 4.67. The molecule has 1 aliphatic heterocycles. The summed E-state index contributed by atoms with van der Waals surface area (Å²) in [6, 6.07) is 18.6. The molecule has 1 unspecified atom stereocenters. The first kappa shape index (κ1) is 21.3. The number of hydrogen-bond donors (Lipinski definition) is 2. The molecule has 2 aromatic carbocycles. The molecule has 1 aliphatic rings. The van der Waals surface area contributed by atoms with Crippen LogP contribution in [0.1, 0.15) is 40.4 Å². The standard InChI is InChI=1S/C26H24ClN3O3/c27-21-9-3-1-7-17(21)19(20-15-28-22-10-4-2-8-18(20)22)16-29-25(31)23-11-5-13-30(23)26(32)24-12-6-14-33-24/h1-4,6-10,12,14-15,19,23,28H,5,11,13,16H2,(H,29,31)/t19?,23-/m0/s1. The third-order valence-electron chi connectivity index (χ3n) is 6.31. The van der Waals surface area contributed by atoms with Crippen molar-refractivity contribution >= 4 is 34.3 Å². The average Bonchev–Trinajstić information content (AvgIpc) is 3.60. The number of furan rings is 1. The van der Waals surface area contributed by atoms with Crippen LogP contribution in [0.15, 0.2) is 77.5 Å². The summed E-state index contributed by atoms with van der Waals surface area (Å²) in [5.74, 6) is -0.307. The number of nitrogens with zero attached hydrogens (tertiary/aromatic N) is 1. The maximum absolute atomic E-state index is 13.2. The number of amides is 2. The van der Waals surface area contributed by atoms with E-state index in [0.717, 1.165) is 28.5 Å². The highest BCUT2D eigenvalue weighted by Gasteiger charge is 2.36. The molecule has 2 aromatic heterocycles. The molecule has 2 N–H and O–H groups in total. The average molecular weight is 462 g/mol. The molecule has 3 heterocycles. The lowest BCUT2D eigenvalue weighted by atomic mass is 9.90. The van der Waals surface area contributed by atoms with Gasteiger partial charge in [-0.3, -0.25) is 9.59 Å². The Balaban J connectivity index is 1.39. The van der Waals surface area contributed by atoms with Gasteiger partial charge in [-0.05, 0) is 48.2 Å². The van der Waals surface area contributed by atoms with Crippen molar-refractivity contribution in [1.82, 2.24) is 15.2 Å². The largest absolute Gasteiger partial charge is 0.459 e. The Kier molecular flexibility index (Phi) is 5.92. The molecule has 1 saturated heterocycles. The van der Waals surface area contributed by atoms with Crippen molar-refractivity contribution in [3.05, 3.63) is 95.0 Å². The van der Waals surface area contributed by atoms with Crippen LogP contribution in [0, 0.1) is 0 Å². The van der Waals surface area contributed by atoms with E-state index in [0.29, 0.717) is 24.5 Å². The summed E-state index contributed by atoms with van der Waals surface area (Å²) in [6.07, 6.45) is 4.85. The van der Waals surface area contributed by atoms with E-state index in [1.54, 1.807) is 17.0 Å². The maximum atomic E-state index is 13.2. The highest BCUT2D eigenvalue weighted by Crippen LogP contribution is 2.34. The quantitative estimate of drug-likeness (QED) is 0.425. The van der Waals surface area contributed by atoms with Crippen LogP contribution in [0.25, 0.3) is 10.9 Å². The number of carbonyl (C=O) groups is 2. The van der Waals surface area contributed by atoms with Crippen LogP contribution in [-0.4, -0.2) is 40.8 Å². The van der Waals surface area contributed by atoms with Gasteiger partial charge < -0.3 is 19.6 Å². The lowest BCUT2D eigenvalue weighted by Crippen LogP contribution is -2.46. The van der Waals surface area contributed by atoms with Gasteiger partial charge in [0.15, 0.2) is 5.76 Å². The SMILES string of the molecule is O=C(NCC(c1ccccc1Cl)c1c[nH]c2ccccc12)[C@@H]1CCCN1C(=O)c1ccco1. The second kappa shape index (κ2) is 9.16. The lowest BCUT2D eigenvalue weighted by Gasteiger charge is -2.25. The topological polar surface area (TPSA) is 78.3 Å². The predicted octanol–water partition coefficient (Wildman–Crippen LogP) is 4.97. The summed E-state index contributed by atoms with van der Waals surface area (Å²) >= 11 is 6.57. The molecule has 2 amide bonds. The number of rotatable bonds is 6. The van der Waals surface area contributed by atoms with E-state index in [1.807, 2.05) is 48.7 Å². The van der Waals surface area contributed by atoms with Crippen molar-refractivity contribution in [2.45, 2.75) is 24.8 Å². The molecule has 33 heavy (non-hydrogen) atoms. The molecule has 0 saturated carbocycles. The Labute approximate surface area is 196 Å². The van der Waals surface area contributed by atoms with Crippen LogP contribution in [0.4, 0.5) is 0 Å². The van der Waals surface area contributed by atoms with Crippen LogP contribution in [0.2, 0.25) is 5.02 Å². The zero-order valence-electron chi connectivity index (χ0n) is 18.0. The first-order chi connectivity index (χ1) is 16.1. The number of benzene rings is 2. The zero-order valence-corrected chi connectivity index (χ0v) is 18.7. The van der Waals surface area contributed by atoms with Gasteiger partial charge >= 0.3 is 0 Å². The van der Waals surface area contributed by atoms with Crippen LogP contribution in [-0.2, 0) is 4.79 Å². The summed E-state index contributed by atoms with van der Waals surface area (Å²) in [6.45, 7) is 0.901. The van der Waals surface area contributed by atoms with Gasteiger partial charge in [-0.25, -0.2) is 0 Å². The van der Waals surface area contributed by atoms with E-state index in [9.17, 15) is 9.59 Å². The first-order valence-corrected chi connectivity index (χ1v) is 11.4. The molecule has 1 fully saturated rings. The summed E-state index contributed by atoms with van der Waals surface area (Å²) < 4.78 is 5.25. The van der Waals surface area contributed by atoms with Gasteiger partial charge in [0.05, 0.1) is 6.26 Å². The van der Waals surface area contributed by atoms with E-state index in [2.05, 4.69) is 16.4 Å². The highest BCUT2D eigenvalue weighted by molar-refractivity contribution is 6.31. The minimum Gasteiger partial charge on any atom is -0.459 e. The Morgan fingerprint density at radius 1 is 1.09 bits per heavy atom. The molecule has 4 aromatic rings. The second-order valence-electron chi connectivity index (χ2n) is 8.24. The molecule has 2 atom stereocenters. The Morgan fingerprint density at radius 3 is 2.73 bits per heavy atom. The minimum absolute atomic E-state index is 0.144. The van der Waals surface area contributed by atoms with Gasteiger partial charge in [0.25, 0.3) is 5.91 Å². The number of para-hydroxylation sites is 1. The van der Waals surface area contributed by atoms with E-state index in [4.69, 9.17) is 16.0 Å². The van der Waals surface area contributed by atoms with E-state index in [1.165, 1.54) is 6.26 Å². The van der Waals surface area contributed by atoms with E-state index in [-0.39, 0.29) is 23.5 Å². The number of likely N-dealkylation sites (tertiary alicyclic amines) is 1. The number of hydrogen-bond acceptors (Lipinski definition) is 3. The number of aromatic nitrogens is 1. The van der Waals surface area contributed by atoms with Crippen molar-refractivity contribution < 1.29 is 14.0 Å². The number of halogens is 1. The minimum atomic E-state index is -0.516. The van der Waals surface area contributed by atoms with Gasteiger partial charge in [0, 0.05) is 41.1 Å². The maximum Gasteiger partial charge on any atom is 0.290 e. The van der Waals surface area contributed by atoms with Gasteiger partial charge in [0.2, 0.25) is 5.91 Å². The first-order valence-electron chi connectivity index (χ1n) is 11.1. The summed E-state index contributed by atoms with van der Waals surface area (Å²) in [4.78, 5) is 30.9. The number of aromatic amines is 1. The summed E-state index contributed by atoms with van der Waals surface area (Å²) in [5, 5.41) is 4.84. The molecule has 0 aliphatic carbocycles. The van der Waals surface area contributed by atoms with Gasteiger partial charge in [0.1, 0.15) is 6.04 Å². The van der Waals surface area contributed by atoms with Crippen molar-refractivity contribution in [3.8, 4) is 0 Å². The predicted molar refractivity (Wildman–Crippen MR) is 127 cm³/mol. The molecule has 7 heteroatoms. The van der Waals surface area contributed by atoms with Crippen molar-refractivity contribution in [2.24, 2.45) is 0 Å². The molecule has 0 bridgehead atoms. The number of fused-ring (bicyclic) bond motifs is 1. The number of carbonyl (C=O) groups excluding carboxylic acids is 2. The van der Waals surface area contributed by atoms with Crippen molar-refractivity contribution in [2.75, 3.05) is 13.1 Å². The van der Waals surface area contributed by atoms with Gasteiger partial charge in [-0.2, -0.15) is 0 Å². The van der Waals surface area contributed by atoms with Crippen molar-refractivity contribution in [1.29, 1.82) is 0 Å². The Bertz CT molecular complexity index is 1280. The zero-order chi connectivity index (χ0) is 22.8. The third kappa shape index (κ3) is 4.14. The molecule has 0 spiro atoms. The Morgan fingerprint density at radius 2 is 1.91 bits per heavy atom. The lowest BCUT2D eigenvalue weighted by molar-refractivity contribution is -0.124.